The highest BCUT2D eigenvalue weighted by atomic mass is 79.9. The van der Waals surface area contributed by atoms with E-state index in [-0.39, 0.29) is 11.7 Å². The number of carbonyl (C=O) groups excluding carboxylic acids is 2. The fraction of sp³-hybridized carbons (Fsp3) is 0.211. The number of halogens is 1. The Morgan fingerprint density at radius 3 is 2.39 bits per heavy atom. The zero-order valence-electron chi connectivity index (χ0n) is 15.6. The first kappa shape index (κ1) is 21.6. The molecular formula is C19H20BrN3O4S. The maximum Gasteiger partial charge on any atom is 0.276 e. The van der Waals surface area contributed by atoms with Crippen LogP contribution in [0, 0.1) is 13.8 Å². The van der Waals surface area contributed by atoms with E-state index >= 15 is 0 Å². The standard InChI is InChI=1S/C19H20BrN3O4S/c1-11-6-12(2)8-14(7-11)27-10-17(24)22-23-19(28)21-18(25)15-9-13(20)4-5-16(15)26-3/h4-9H,10H2,1-3H3,(H,22,24)(H2,21,23,25,28). The molecular weight excluding hydrogens is 446 g/mol. The summed E-state index contributed by atoms with van der Waals surface area (Å²) < 4.78 is 11.3. The van der Waals surface area contributed by atoms with E-state index in [1.807, 2.05) is 32.0 Å². The number of hydrogen-bond donors (Lipinski definition) is 3. The molecule has 0 heterocycles. The second-order valence-corrected chi connectivity index (χ2v) is 7.24. The zero-order chi connectivity index (χ0) is 20.7. The number of thiocarbonyl (C=S) groups is 1. The van der Waals surface area contributed by atoms with E-state index in [2.05, 4.69) is 32.1 Å². The summed E-state index contributed by atoms with van der Waals surface area (Å²) in [5.74, 6) is 0.0758. The number of ether oxygens (including phenoxy) is 2. The van der Waals surface area contributed by atoms with Gasteiger partial charge in [0.25, 0.3) is 11.8 Å². The molecule has 28 heavy (non-hydrogen) atoms. The third kappa shape index (κ3) is 6.50. The van der Waals surface area contributed by atoms with Crippen molar-refractivity contribution in [2.45, 2.75) is 13.8 Å². The van der Waals surface area contributed by atoms with E-state index in [1.165, 1.54) is 7.11 Å². The van der Waals surface area contributed by atoms with Gasteiger partial charge in [0.15, 0.2) is 11.7 Å². The van der Waals surface area contributed by atoms with Gasteiger partial charge in [-0.15, -0.1) is 0 Å². The van der Waals surface area contributed by atoms with Crippen LogP contribution in [0.1, 0.15) is 21.5 Å². The van der Waals surface area contributed by atoms with Gasteiger partial charge in [-0.2, -0.15) is 0 Å². The molecule has 0 bridgehead atoms. The Morgan fingerprint density at radius 1 is 1.07 bits per heavy atom. The zero-order valence-corrected chi connectivity index (χ0v) is 18.0. The van der Waals surface area contributed by atoms with Gasteiger partial charge in [0.1, 0.15) is 11.5 Å². The third-order valence-electron chi connectivity index (χ3n) is 3.51. The van der Waals surface area contributed by atoms with Crippen molar-refractivity contribution in [3.05, 3.63) is 57.6 Å². The van der Waals surface area contributed by atoms with Crippen molar-refractivity contribution in [2.75, 3.05) is 13.7 Å². The van der Waals surface area contributed by atoms with Gasteiger partial charge >= 0.3 is 0 Å². The van der Waals surface area contributed by atoms with Gasteiger partial charge in [-0.25, -0.2) is 0 Å². The average Bonchev–Trinajstić information content (AvgIpc) is 2.64. The van der Waals surface area contributed by atoms with E-state index in [9.17, 15) is 9.59 Å². The first-order chi connectivity index (χ1) is 13.3. The van der Waals surface area contributed by atoms with Crippen molar-refractivity contribution in [3.63, 3.8) is 0 Å². The van der Waals surface area contributed by atoms with E-state index in [0.29, 0.717) is 21.5 Å². The molecule has 0 saturated carbocycles. The molecule has 0 atom stereocenters. The second-order valence-electron chi connectivity index (χ2n) is 5.91. The Bertz CT molecular complexity index is 884. The van der Waals surface area contributed by atoms with Crippen LogP contribution in [0.2, 0.25) is 0 Å². The summed E-state index contributed by atoms with van der Waals surface area (Å²) in [7, 11) is 1.46. The summed E-state index contributed by atoms with van der Waals surface area (Å²) >= 11 is 8.32. The highest BCUT2D eigenvalue weighted by molar-refractivity contribution is 9.10. The summed E-state index contributed by atoms with van der Waals surface area (Å²) in [6, 6.07) is 10.7. The molecule has 2 rings (SSSR count). The second kappa shape index (κ2) is 10.0. The molecule has 0 fully saturated rings. The van der Waals surface area contributed by atoms with Crippen molar-refractivity contribution in [3.8, 4) is 11.5 Å². The number of hydrazine groups is 1. The lowest BCUT2D eigenvalue weighted by Crippen LogP contribution is -2.49. The van der Waals surface area contributed by atoms with Gasteiger partial charge in [0.2, 0.25) is 0 Å². The molecule has 3 N–H and O–H groups in total. The van der Waals surface area contributed by atoms with Gasteiger partial charge in [-0.05, 0) is 67.5 Å². The van der Waals surface area contributed by atoms with Crippen LogP contribution in [0.5, 0.6) is 11.5 Å². The van der Waals surface area contributed by atoms with E-state index < -0.39 is 11.8 Å². The Kier molecular flexibility index (Phi) is 7.77. The van der Waals surface area contributed by atoms with Crippen LogP contribution < -0.4 is 25.6 Å². The molecule has 2 amide bonds. The number of methoxy groups -OCH3 is 1. The van der Waals surface area contributed by atoms with E-state index in [1.54, 1.807) is 18.2 Å². The number of amides is 2. The lowest BCUT2D eigenvalue weighted by Gasteiger charge is -2.13. The highest BCUT2D eigenvalue weighted by Crippen LogP contribution is 2.22. The number of hydrogen-bond acceptors (Lipinski definition) is 5. The normalized spacial score (nSPS) is 10.0. The number of benzene rings is 2. The predicted octanol–water partition coefficient (Wildman–Crippen LogP) is 2.79. The average molecular weight is 466 g/mol. The van der Waals surface area contributed by atoms with Gasteiger partial charge in [0, 0.05) is 4.47 Å². The minimum absolute atomic E-state index is 0.0632. The number of carbonyl (C=O) groups is 2. The predicted molar refractivity (Wildman–Crippen MR) is 113 cm³/mol. The molecule has 2 aromatic carbocycles. The number of rotatable bonds is 5. The smallest absolute Gasteiger partial charge is 0.276 e. The Hall–Kier alpha value is -2.65. The van der Waals surface area contributed by atoms with Crippen LogP contribution in [-0.2, 0) is 4.79 Å². The number of aryl methyl sites for hydroxylation is 2. The van der Waals surface area contributed by atoms with Crippen LogP contribution >= 0.6 is 28.1 Å². The van der Waals surface area contributed by atoms with Gasteiger partial charge in [0.05, 0.1) is 12.7 Å². The maximum absolute atomic E-state index is 12.3. The fourth-order valence-electron chi connectivity index (χ4n) is 2.39. The molecule has 2 aromatic rings. The highest BCUT2D eigenvalue weighted by Gasteiger charge is 2.14. The molecule has 0 spiro atoms. The molecule has 148 valence electrons. The Morgan fingerprint density at radius 2 is 1.75 bits per heavy atom. The van der Waals surface area contributed by atoms with Crippen molar-refractivity contribution in [1.29, 1.82) is 0 Å². The summed E-state index contributed by atoms with van der Waals surface area (Å²) in [4.78, 5) is 24.2. The first-order valence-corrected chi connectivity index (χ1v) is 9.43. The summed E-state index contributed by atoms with van der Waals surface area (Å²) in [5, 5.41) is 2.40. The van der Waals surface area contributed by atoms with Crippen molar-refractivity contribution < 1.29 is 19.1 Å². The quantitative estimate of drug-likeness (QED) is 0.464. The van der Waals surface area contributed by atoms with Gasteiger partial charge in [-0.1, -0.05) is 22.0 Å². The molecule has 9 heteroatoms. The molecule has 0 saturated heterocycles. The van der Waals surface area contributed by atoms with Crippen LogP contribution in [0.25, 0.3) is 0 Å². The number of nitrogens with one attached hydrogen (secondary N) is 3. The molecule has 0 radical (unpaired) electrons. The Labute approximate surface area is 176 Å². The van der Waals surface area contributed by atoms with Crippen molar-refractivity contribution in [2.24, 2.45) is 0 Å². The van der Waals surface area contributed by atoms with Crippen LogP contribution in [-0.4, -0.2) is 30.6 Å². The first-order valence-electron chi connectivity index (χ1n) is 8.23. The minimum Gasteiger partial charge on any atom is -0.496 e. The molecule has 0 unspecified atom stereocenters. The molecule has 0 aliphatic carbocycles. The lowest BCUT2D eigenvalue weighted by atomic mass is 10.1. The minimum atomic E-state index is -0.476. The van der Waals surface area contributed by atoms with Gasteiger partial charge in [-0.3, -0.25) is 25.8 Å². The topological polar surface area (TPSA) is 88.7 Å². The van der Waals surface area contributed by atoms with Crippen LogP contribution in [0.4, 0.5) is 0 Å². The van der Waals surface area contributed by atoms with E-state index in [0.717, 1.165) is 11.1 Å². The molecule has 0 aliphatic rings. The van der Waals surface area contributed by atoms with Crippen molar-refractivity contribution >= 4 is 45.1 Å². The monoisotopic (exact) mass is 465 g/mol. The fourth-order valence-corrected chi connectivity index (χ4v) is 2.89. The summed E-state index contributed by atoms with van der Waals surface area (Å²) in [6.07, 6.45) is 0. The lowest BCUT2D eigenvalue weighted by molar-refractivity contribution is -0.123. The Balaban J connectivity index is 1.82. The molecule has 0 aromatic heterocycles. The molecule has 7 nitrogen and oxygen atoms in total. The van der Waals surface area contributed by atoms with Gasteiger partial charge < -0.3 is 9.47 Å². The summed E-state index contributed by atoms with van der Waals surface area (Å²) in [5.41, 5.74) is 7.21. The maximum atomic E-state index is 12.3. The van der Waals surface area contributed by atoms with Crippen LogP contribution in [0.3, 0.4) is 0 Å². The SMILES string of the molecule is COc1ccc(Br)cc1C(=O)NC(=S)NNC(=O)COc1cc(C)cc(C)c1. The summed E-state index contributed by atoms with van der Waals surface area (Å²) in [6.45, 7) is 3.69. The molecule has 0 aliphatic heterocycles. The third-order valence-corrected chi connectivity index (χ3v) is 4.21. The van der Waals surface area contributed by atoms with E-state index in [4.69, 9.17) is 21.7 Å². The largest absolute Gasteiger partial charge is 0.496 e. The van der Waals surface area contributed by atoms with Crippen LogP contribution in [0.15, 0.2) is 40.9 Å². The van der Waals surface area contributed by atoms with Crippen molar-refractivity contribution in [1.82, 2.24) is 16.2 Å².